The second-order valence-electron chi connectivity index (χ2n) is 8.92. The number of ether oxygens (including phenoxy) is 5. The Morgan fingerprint density at radius 1 is 0.949 bits per heavy atom. The summed E-state index contributed by atoms with van der Waals surface area (Å²) >= 11 is 0. The first-order chi connectivity index (χ1) is 18.6. The average molecular weight is 540 g/mol. The van der Waals surface area contributed by atoms with E-state index in [0.29, 0.717) is 33.9 Å². The van der Waals surface area contributed by atoms with E-state index in [1.807, 2.05) is 0 Å². The number of methoxy groups -OCH3 is 1. The third-order valence-electron chi connectivity index (χ3n) is 6.03. The fourth-order valence-corrected chi connectivity index (χ4v) is 4.45. The Morgan fingerprint density at radius 2 is 1.59 bits per heavy atom. The van der Waals surface area contributed by atoms with Gasteiger partial charge in [0.1, 0.15) is 11.6 Å². The van der Waals surface area contributed by atoms with Crippen LogP contribution >= 0.6 is 0 Å². The summed E-state index contributed by atoms with van der Waals surface area (Å²) in [6, 6.07) is 12.0. The van der Waals surface area contributed by atoms with Crippen LogP contribution in [0.5, 0.6) is 5.75 Å². The number of fused-ring (bicyclic) bond motifs is 1. The molecule has 0 saturated carbocycles. The van der Waals surface area contributed by atoms with Crippen LogP contribution in [-0.2, 0) is 33.3 Å². The van der Waals surface area contributed by atoms with Gasteiger partial charge in [-0.1, -0.05) is 0 Å². The van der Waals surface area contributed by atoms with Crippen molar-refractivity contribution in [2.24, 2.45) is 0 Å². The molecule has 2 aromatic carbocycles. The molecular weight excluding hydrogens is 510 g/mol. The summed E-state index contributed by atoms with van der Waals surface area (Å²) in [6.45, 7) is 5.21. The molecule has 1 fully saturated rings. The van der Waals surface area contributed by atoms with E-state index in [1.54, 1.807) is 56.5 Å². The second kappa shape index (κ2) is 11.5. The minimum absolute atomic E-state index is 0.133. The summed E-state index contributed by atoms with van der Waals surface area (Å²) in [5.41, 5.74) is 1.28. The molecule has 0 amide bonds. The van der Waals surface area contributed by atoms with Crippen molar-refractivity contribution < 1.29 is 38.1 Å². The molecule has 1 aliphatic heterocycles. The van der Waals surface area contributed by atoms with Crippen molar-refractivity contribution in [1.29, 1.82) is 0 Å². The summed E-state index contributed by atoms with van der Waals surface area (Å²) < 4.78 is 28.6. The lowest BCUT2D eigenvalue weighted by molar-refractivity contribution is -0.221. The molecule has 0 aliphatic carbocycles. The van der Waals surface area contributed by atoms with Crippen LogP contribution in [0, 0.1) is 6.92 Å². The third-order valence-corrected chi connectivity index (χ3v) is 6.03. The second-order valence-corrected chi connectivity index (χ2v) is 8.92. The van der Waals surface area contributed by atoms with Gasteiger partial charge >= 0.3 is 17.9 Å². The zero-order valence-electron chi connectivity index (χ0n) is 22.1. The summed E-state index contributed by atoms with van der Waals surface area (Å²) in [6.07, 6.45) is -4.27. The van der Waals surface area contributed by atoms with Gasteiger partial charge in [0.25, 0.3) is 5.56 Å². The average Bonchev–Trinajstić information content (AvgIpc) is 2.87. The van der Waals surface area contributed by atoms with Crippen molar-refractivity contribution in [3.8, 4) is 11.4 Å². The number of nitrogens with one attached hydrogen (secondary N) is 1. The number of aromatic nitrogens is 2. The predicted molar refractivity (Wildman–Crippen MR) is 139 cm³/mol. The van der Waals surface area contributed by atoms with Gasteiger partial charge in [-0.25, -0.2) is 4.98 Å². The SMILES string of the molecule is COc1ccc(-n2c(C)nc3ccc(NC4OCC(OC(C)=O)C(OC(C)=O)C4OC(C)=O)cc3c2=O)cc1. The van der Waals surface area contributed by atoms with E-state index >= 15 is 0 Å². The molecule has 1 saturated heterocycles. The number of hydrogen-bond acceptors (Lipinski definition) is 11. The maximum Gasteiger partial charge on any atom is 0.303 e. The first kappa shape index (κ1) is 27.6. The van der Waals surface area contributed by atoms with Gasteiger partial charge in [0.2, 0.25) is 0 Å². The summed E-state index contributed by atoms with van der Waals surface area (Å²) in [4.78, 5) is 53.5. The van der Waals surface area contributed by atoms with E-state index in [4.69, 9.17) is 23.7 Å². The van der Waals surface area contributed by atoms with Gasteiger partial charge in [-0.2, -0.15) is 0 Å². The van der Waals surface area contributed by atoms with E-state index in [2.05, 4.69) is 10.3 Å². The molecule has 206 valence electrons. The lowest BCUT2D eigenvalue weighted by Crippen LogP contribution is -2.59. The van der Waals surface area contributed by atoms with Crippen LogP contribution in [0.15, 0.2) is 47.3 Å². The Morgan fingerprint density at radius 3 is 2.21 bits per heavy atom. The number of nitrogens with zero attached hydrogens (tertiary/aromatic N) is 2. The minimum atomic E-state index is -1.16. The maximum absolute atomic E-state index is 13.5. The Kier molecular flexibility index (Phi) is 8.15. The Labute approximate surface area is 223 Å². The highest BCUT2D eigenvalue weighted by molar-refractivity contribution is 5.82. The molecule has 1 aromatic heterocycles. The lowest BCUT2D eigenvalue weighted by Gasteiger charge is -2.40. The lowest BCUT2D eigenvalue weighted by atomic mass is 10.0. The topological polar surface area (TPSA) is 144 Å². The Bertz CT molecular complexity index is 1450. The van der Waals surface area contributed by atoms with E-state index in [1.165, 1.54) is 25.3 Å². The van der Waals surface area contributed by atoms with Crippen LogP contribution in [0.3, 0.4) is 0 Å². The molecule has 3 aromatic rings. The van der Waals surface area contributed by atoms with Gasteiger partial charge < -0.3 is 29.0 Å². The summed E-state index contributed by atoms with van der Waals surface area (Å²) in [5.74, 6) is -0.760. The molecule has 4 rings (SSSR count). The van der Waals surface area contributed by atoms with Gasteiger partial charge in [0.15, 0.2) is 24.5 Å². The largest absolute Gasteiger partial charge is 0.497 e. The van der Waals surface area contributed by atoms with Crippen LogP contribution < -0.4 is 15.6 Å². The number of carbonyl (C=O) groups excluding carboxylic acids is 3. The van der Waals surface area contributed by atoms with Crippen molar-refractivity contribution in [3.63, 3.8) is 0 Å². The van der Waals surface area contributed by atoms with Crippen LogP contribution in [0.25, 0.3) is 16.6 Å². The molecule has 1 aliphatic rings. The van der Waals surface area contributed by atoms with Crippen molar-refractivity contribution in [2.75, 3.05) is 19.0 Å². The van der Waals surface area contributed by atoms with Crippen LogP contribution in [0.2, 0.25) is 0 Å². The molecule has 0 bridgehead atoms. The molecule has 1 N–H and O–H groups in total. The molecule has 0 spiro atoms. The van der Waals surface area contributed by atoms with Gasteiger partial charge in [-0.15, -0.1) is 0 Å². The number of benzene rings is 2. The fraction of sp³-hybridized carbons (Fsp3) is 0.370. The van der Waals surface area contributed by atoms with Crippen molar-refractivity contribution in [3.05, 3.63) is 58.6 Å². The number of hydrogen-bond donors (Lipinski definition) is 1. The maximum atomic E-state index is 13.5. The van der Waals surface area contributed by atoms with Crippen molar-refractivity contribution >= 4 is 34.5 Å². The monoisotopic (exact) mass is 539 g/mol. The van der Waals surface area contributed by atoms with Gasteiger partial charge in [-0.3, -0.25) is 23.7 Å². The Balaban J connectivity index is 1.69. The zero-order valence-corrected chi connectivity index (χ0v) is 22.1. The van der Waals surface area contributed by atoms with Crippen LogP contribution in [0.1, 0.15) is 26.6 Å². The molecule has 4 unspecified atom stereocenters. The number of esters is 3. The summed E-state index contributed by atoms with van der Waals surface area (Å²) in [7, 11) is 1.56. The molecule has 0 radical (unpaired) electrons. The van der Waals surface area contributed by atoms with E-state index < -0.39 is 42.4 Å². The van der Waals surface area contributed by atoms with E-state index in [-0.39, 0.29) is 12.2 Å². The fourth-order valence-electron chi connectivity index (χ4n) is 4.45. The molecular formula is C27H29N3O9. The third kappa shape index (κ3) is 6.17. The van der Waals surface area contributed by atoms with E-state index in [0.717, 1.165) is 0 Å². The number of aryl methyl sites for hydroxylation is 1. The van der Waals surface area contributed by atoms with Gasteiger partial charge in [-0.05, 0) is 49.4 Å². The van der Waals surface area contributed by atoms with Gasteiger partial charge in [0, 0.05) is 26.5 Å². The van der Waals surface area contributed by atoms with Gasteiger partial charge in [0.05, 0.1) is 30.3 Å². The van der Waals surface area contributed by atoms with E-state index in [9.17, 15) is 19.2 Å². The number of carbonyl (C=O) groups is 3. The quantitative estimate of drug-likeness (QED) is 0.349. The highest BCUT2D eigenvalue weighted by Gasteiger charge is 2.47. The molecule has 12 nitrogen and oxygen atoms in total. The van der Waals surface area contributed by atoms with Crippen molar-refractivity contribution in [1.82, 2.24) is 9.55 Å². The smallest absolute Gasteiger partial charge is 0.303 e. The number of rotatable bonds is 7. The Hall–Kier alpha value is -4.45. The first-order valence-electron chi connectivity index (χ1n) is 12.1. The standard InChI is InChI=1S/C27H29N3O9/c1-14-28-22-11-6-18(12-21(22)27(34)30(14)19-7-9-20(35-5)10-8-19)29-26-25(39-17(4)33)24(38-16(3)32)23(13-36-26)37-15(2)31/h6-12,23-26,29H,13H2,1-5H3. The molecule has 4 atom stereocenters. The summed E-state index contributed by atoms with van der Waals surface area (Å²) in [5, 5.41) is 3.43. The predicted octanol–water partition coefficient (Wildman–Crippen LogP) is 2.27. The normalized spacial score (nSPS) is 20.6. The highest BCUT2D eigenvalue weighted by atomic mass is 16.6. The van der Waals surface area contributed by atoms with Crippen LogP contribution in [-0.4, -0.2) is 65.7 Å². The molecule has 39 heavy (non-hydrogen) atoms. The molecule has 12 heteroatoms. The zero-order chi connectivity index (χ0) is 28.3. The van der Waals surface area contributed by atoms with Crippen molar-refractivity contribution in [2.45, 2.75) is 52.2 Å². The number of anilines is 1. The highest BCUT2D eigenvalue weighted by Crippen LogP contribution is 2.27. The van der Waals surface area contributed by atoms with Crippen LogP contribution in [0.4, 0.5) is 5.69 Å². The molecule has 2 heterocycles. The minimum Gasteiger partial charge on any atom is -0.497 e. The first-order valence-corrected chi connectivity index (χ1v) is 12.1.